The Morgan fingerprint density at radius 3 is 1.86 bits per heavy atom. The van der Waals surface area contributed by atoms with Gasteiger partial charge in [0.25, 0.3) is 0 Å². The number of carboxylic acids is 1. The van der Waals surface area contributed by atoms with Crippen LogP contribution in [0.2, 0.25) is 0 Å². The summed E-state index contributed by atoms with van der Waals surface area (Å²) in [6, 6.07) is 0. The summed E-state index contributed by atoms with van der Waals surface area (Å²) in [6.07, 6.45) is 15.7. The van der Waals surface area contributed by atoms with Crippen molar-refractivity contribution < 1.29 is 9.90 Å². The number of hydrogen-bond acceptors (Lipinski definition) is 3. The molecule has 0 aliphatic heterocycles. The van der Waals surface area contributed by atoms with Gasteiger partial charge in [0.2, 0.25) is 0 Å². The monoisotopic (exact) mass is 346 g/mol. The lowest BCUT2D eigenvalue weighted by molar-refractivity contribution is -0.136. The zero-order valence-corrected chi connectivity index (χ0v) is 16.1. The Morgan fingerprint density at radius 2 is 1.41 bits per heavy atom. The Kier molecular flexibility index (Phi) is 15.7. The maximum absolute atomic E-state index is 11.1. The molecule has 0 bridgehead atoms. The van der Waals surface area contributed by atoms with E-state index in [4.69, 9.17) is 17.3 Å². The van der Waals surface area contributed by atoms with E-state index in [0.717, 1.165) is 23.5 Å². The number of thiocarbonyl (C=S) groups is 1. The average molecular weight is 347 g/mol. The van der Waals surface area contributed by atoms with Gasteiger partial charge in [-0.1, -0.05) is 90.3 Å². The maximum atomic E-state index is 11.1. The van der Waals surface area contributed by atoms with E-state index in [1.54, 1.807) is 0 Å². The highest BCUT2D eigenvalue weighted by molar-refractivity contribution is 8.23. The van der Waals surface area contributed by atoms with E-state index in [2.05, 4.69) is 6.92 Å². The molecule has 0 rings (SSSR count). The first-order valence-corrected chi connectivity index (χ1v) is 10.3. The molecular formula is C18H34O2S2. The van der Waals surface area contributed by atoms with E-state index in [1.807, 2.05) is 6.92 Å². The van der Waals surface area contributed by atoms with Crippen LogP contribution in [0.15, 0.2) is 0 Å². The van der Waals surface area contributed by atoms with Crippen LogP contribution in [-0.2, 0) is 4.79 Å². The van der Waals surface area contributed by atoms with Crippen molar-refractivity contribution in [3.8, 4) is 0 Å². The predicted molar refractivity (Wildman–Crippen MR) is 103 cm³/mol. The second-order valence-corrected chi connectivity index (χ2v) is 8.09. The van der Waals surface area contributed by atoms with Crippen molar-refractivity contribution in [1.29, 1.82) is 0 Å². The van der Waals surface area contributed by atoms with Crippen LogP contribution < -0.4 is 0 Å². The van der Waals surface area contributed by atoms with Crippen LogP contribution in [0.1, 0.15) is 97.3 Å². The van der Waals surface area contributed by atoms with Gasteiger partial charge >= 0.3 is 5.97 Å². The molecule has 0 aromatic rings. The molecule has 22 heavy (non-hydrogen) atoms. The highest BCUT2D eigenvalue weighted by Gasteiger charge is 2.18. The van der Waals surface area contributed by atoms with Crippen LogP contribution in [0.25, 0.3) is 0 Å². The summed E-state index contributed by atoms with van der Waals surface area (Å²) in [5, 5.41) is 8.77. The normalized spacial score (nSPS) is 12.3. The molecule has 130 valence electrons. The van der Waals surface area contributed by atoms with Crippen molar-refractivity contribution in [2.24, 2.45) is 0 Å². The molecule has 1 atom stereocenters. The number of unbranched alkanes of at least 4 members (excludes halogenated alkanes) is 9. The van der Waals surface area contributed by atoms with Crippen molar-refractivity contribution in [2.45, 2.75) is 103 Å². The summed E-state index contributed by atoms with van der Waals surface area (Å²) in [6.45, 7) is 4.27. The Hall–Kier alpha value is -0.0900. The van der Waals surface area contributed by atoms with E-state index < -0.39 is 5.97 Å². The van der Waals surface area contributed by atoms with Crippen molar-refractivity contribution in [2.75, 3.05) is 0 Å². The molecule has 0 heterocycles. The lowest BCUT2D eigenvalue weighted by Gasteiger charge is -2.11. The summed E-state index contributed by atoms with van der Waals surface area (Å²) >= 11 is 6.71. The minimum Gasteiger partial charge on any atom is -0.480 e. The van der Waals surface area contributed by atoms with Crippen LogP contribution in [0.5, 0.6) is 0 Å². The van der Waals surface area contributed by atoms with Gasteiger partial charge in [0.1, 0.15) is 5.25 Å². The quantitative estimate of drug-likeness (QED) is 0.267. The molecule has 0 aliphatic rings. The summed E-state index contributed by atoms with van der Waals surface area (Å²) < 4.78 is 0.875. The van der Waals surface area contributed by atoms with Gasteiger partial charge in [0.05, 0.1) is 0 Å². The molecule has 0 aliphatic carbocycles. The molecule has 0 radical (unpaired) electrons. The van der Waals surface area contributed by atoms with Crippen LogP contribution >= 0.6 is 24.0 Å². The fraction of sp³-hybridized carbons (Fsp3) is 0.889. The molecule has 0 fully saturated rings. The molecule has 4 heteroatoms. The van der Waals surface area contributed by atoms with Crippen LogP contribution in [0.4, 0.5) is 0 Å². The zero-order valence-electron chi connectivity index (χ0n) is 14.4. The van der Waals surface area contributed by atoms with E-state index in [-0.39, 0.29) is 5.25 Å². The number of aliphatic carboxylic acids is 1. The highest BCUT2D eigenvalue weighted by atomic mass is 32.2. The third kappa shape index (κ3) is 13.6. The standard InChI is InChI=1S/C18H34O2S2/c1-3-5-6-7-8-9-10-11-12-13-15-17(21)22-16(14-4-2)18(19)20/h16H,3-15H2,1-2H3,(H,19,20). The third-order valence-electron chi connectivity index (χ3n) is 3.83. The lowest BCUT2D eigenvalue weighted by Crippen LogP contribution is -2.17. The SMILES string of the molecule is CCCCCCCCCCCCC(=S)SC(CCC)C(=O)O. The Bertz CT molecular complexity index is 293. The van der Waals surface area contributed by atoms with Gasteiger partial charge in [-0.15, -0.1) is 11.8 Å². The first-order valence-electron chi connectivity index (χ1n) is 9.04. The maximum Gasteiger partial charge on any atom is 0.317 e. The molecule has 0 saturated carbocycles. The number of thioether (sulfide) groups is 1. The first kappa shape index (κ1) is 21.9. The van der Waals surface area contributed by atoms with Gasteiger partial charge in [0.15, 0.2) is 0 Å². The Balaban J connectivity index is 3.46. The van der Waals surface area contributed by atoms with Crippen molar-refractivity contribution in [1.82, 2.24) is 0 Å². The van der Waals surface area contributed by atoms with Crippen molar-refractivity contribution >= 4 is 34.1 Å². The van der Waals surface area contributed by atoms with Gasteiger partial charge < -0.3 is 5.11 Å². The highest BCUT2D eigenvalue weighted by Crippen LogP contribution is 2.22. The van der Waals surface area contributed by atoms with E-state index in [1.165, 1.54) is 69.5 Å². The smallest absolute Gasteiger partial charge is 0.317 e. The Labute approximate surface area is 146 Å². The number of carboxylic acid groups (broad SMARTS) is 1. The zero-order chi connectivity index (χ0) is 16.6. The first-order chi connectivity index (χ1) is 10.6. The molecule has 1 unspecified atom stereocenters. The summed E-state index contributed by atoms with van der Waals surface area (Å²) in [4.78, 5) is 11.1. The van der Waals surface area contributed by atoms with Crippen LogP contribution in [-0.4, -0.2) is 20.5 Å². The molecule has 0 aromatic carbocycles. The number of hydrogen-bond donors (Lipinski definition) is 1. The fourth-order valence-electron chi connectivity index (χ4n) is 2.47. The fourth-order valence-corrected chi connectivity index (χ4v) is 4.00. The van der Waals surface area contributed by atoms with Gasteiger partial charge in [-0.2, -0.15) is 0 Å². The predicted octanol–water partition coefficient (Wildman–Crippen LogP) is 6.61. The molecule has 0 amide bonds. The van der Waals surface area contributed by atoms with Crippen molar-refractivity contribution in [3.05, 3.63) is 0 Å². The molecule has 0 saturated heterocycles. The molecule has 2 nitrogen and oxygen atoms in total. The molecule has 0 spiro atoms. The van der Waals surface area contributed by atoms with Gasteiger partial charge in [-0.25, -0.2) is 0 Å². The van der Waals surface area contributed by atoms with Crippen LogP contribution in [0, 0.1) is 0 Å². The van der Waals surface area contributed by atoms with E-state index in [9.17, 15) is 4.79 Å². The van der Waals surface area contributed by atoms with Crippen molar-refractivity contribution in [3.63, 3.8) is 0 Å². The second kappa shape index (κ2) is 15.8. The molecule has 0 aromatic heterocycles. The number of carbonyl (C=O) groups is 1. The minimum atomic E-state index is -0.725. The third-order valence-corrected chi connectivity index (χ3v) is 5.52. The largest absolute Gasteiger partial charge is 0.480 e. The summed E-state index contributed by atoms with van der Waals surface area (Å²) in [7, 11) is 0. The van der Waals surface area contributed by atoms with Gasteiger partial charge in [0, 0.05) is 4.20 Å². The Morgan fingerprint density at radius 1 is 0.909 bits per heavy atom. The van der Waals surface area contributed by atoms with Gasteiger partial charge in [-0.3, -0.25) is 4.79 Å². The average Bonchev–Trinajstić information content (AvgIpc) is 2.48. The molecular weight excluding hydrogens is 312 g/mol. The summed E-state index contributed by atoms with van der Waals surface area (Å²) in [5.41, 5.74) is 0. The number of rotatable bonds is 15. The lowest BCUT2D eigenvalue weighted by atomic mass is 10.1. The topological polar surface area (TPSA) is 37.3 Å². The second-order valence-electron chi connectivity index (χ2n) is 6.04. The van der Waals surface area contributed by atoms with E-state index in [0.29, 0.717) is 6.42 Å². The minimum absolute atomic E-state index is 0.347. The van der Waals surface area contributed by atoms with Gasteiger partial charge in [-0.05, 0) is 19.3 Å². The summed E-state index contributed by atoms with van der Waals surface area (Å²) in [5.74, 6) is -0.725. The molecule has 1 N–H and O–H groups in total. The van der Waals surface area contributed by atoms with E-state index >= 15 is 0 Å². The van der Waals surface area contributed by atoms with Crippen LogP contribution in [0.3, 0.4) is 0 Å².